The average molecular weight is 236 g/mol. The molecule has 2 saturated heterocycles. The smallest absolute Gasteiger partial charge is 0.157 e. The van der Waals surface area contributed by atoms with Gasteiger partial charge in [-0.1, -0.05) is 0 Å². The van der Waals surface area contributed by atoms with Crippen molar-refractivity contribution in [3.63, 3.8) is 0 Å². The summed E-state index contributed by atoms with van der Waals surface area (Å²) in [5.74, 6) is 0.319. The predicted octanol–water partition coefficient (Wildman–Crippen LogP) is 1.33. The number of ether oxygens (including phenoxy) is 1. The molecule has 3 rings (SSSR count). The Balaban J connectivity index is 1.77. The lowest BCUT2D eigenvalue weighted by Crippen LogP contribution is -2.30. The maximum absolute atomic E-state index is 8.96. The van der Waals surface area contributed by atoms with E-state index in [0.29, 0.717) is 29.6 Å². The highest BCUT2D eigenvalue weighted by Gasteiger charge is 2.41. The number of fused-ring (bicyclic) bond motifs is 2. The molecule has 0 aliphatic carbocycles. The zero-order valence-corrected chi connectivity index (χ0v) is 9.46. The van der Waals surface area contributed by atoms with Gasteiger partial charge in [-0.05, 0) is 30.8 Å². The Bertz CT molecular complexity index is 452. The normalized spacial score (nSPS) is 31.6. The summed E-state index contributed by atoms with van der Waals surface area (Å²) in [5.41, 5.74) is 6.07. The number of hydrogen-bond donors (Lipinski definition) is 2. The van der Waals surface area contributed by atoms with Crippen LogP contribution in [0.1, 0.15) is 24.8 Å². The molecule has 16 heavy (non-hydrogen) atoms. The molecule has 0 spiro atoms. The van der Waals surface area contributed by atoms with Gasteiger partial charge in [-0.2, -0.15) is 9.64 Å². The van der Waals surface area contributed by atoms with Crippen molar-refractivity contribution >= 4 is 22.4 Å². The van der Waals surface area contributed by atoms with Crippen LogP contribution in [0.3, 0.4) is 0 Å². The van der Waals surface area contributed by atoms with E-state index >= 15 is 0 Å². The molecule has 3 unspecified atom stereocenters. The molecule has 2 aliphatic rings. The third-order valence-corrected chi connectivity index (χ3v) is 4.05. The molecule has 0 amide bonds. The van der Waals surface area contributed by atoms with Crippen LogP contribution in [0, 0.1) is 11.3 Å². The lowest BCUT2D eigenvalue weighted by atomic mass is 9.95. The molecule has 84 valence electrons. The Morgan fingerprint density at radius 1 is 1.56 bits per heavy atom. The van der Waals surface area contributed by atoms with E-state index in [0.717, 1.165) is 17.8 Å². The van der Waals surface area contributed by atoms with Crippen LogP contribution >= 0.6 is 11.5 Å². The molecule has 1 aromatic heterocycles. The van der Waals surface area contributed by atoms with Gasteiger partial charge in [0.2, 0.25) is 0 Å². The number of nitrogens with one attached hydrogen (secondary N) is 1. The van der Waals surface area contributed by atoms with Gasteiger partial charge < -0.3 is 15.8 Å². The monoisotopic (exact) mass is 236 g/mol. The van der Waals surface area contributed by atoms with Crippen molar-refractivity contribution in [2.75, 3.05) is 11.1 Å². The number of nitrogens with two attached hydrogens (primary N) is 1. The van der Waals surface area contributed by atoms with E-state index in [1.807, 2.05) is 0 Å². The molecule has 3 atom stereocenters. The molecule has 1 aromatic rings. The van der Waals surface area contributed by atoms with Crippen LogP contribution in [0.15, 0.2) is 0 Å². The van der Waals surface area contributed by atoms with Crippen LogP contribution in [0.25, 0.3) is 0 Å². The molecule has 3 heterocycles. The third-order valence-electron chi connectivity index (χ3n) is 3.25. The number of aromatic nitrogens is 1. The van der Waals surface area contributed by atoms with Crippen molar-refractivity contribution in [3.8, 4) is 6.07 Å². The van der Waals surface area contributed by atoms with Gasteiger partial charge in [0.05, 0.1) is 18.2 Å². The van der Waals surface area contributed by atoms with Gasteiger partial charge in [-0.3, -0.25) is 0 Å². The first-order chi connectivity index (χ1) is 7.78. The SMILES string of the molecule is N#Cc1c(N)nsc1NC1CC2CCC1O2. The van der Waals surface area contributed by atoms with Gasteiger partial charge in [0.15, 0.2) is 5.82 Å². The summed E-state index contributed by atoms with van der Waals surface area (Å²) >= 11 is 1.25. The van der Waals surface area contributed by atoms with Crippen molar-refractivity contribution in [3.05, 3.63) is 5.56 Å². The minimum absolute atomic E-state index is 0.292. The van der Waals surface area contributed by atoms with Gasteiger partial charge in [-0.25, -0.2) is 0 Å². The summed E-state index contributed by atoms with van der Waals surface area (Å²) < 4.78 is 9.73. The summed E-state index contributed by atoms with van der Waals surface area (Å²) in [4.78, 5) is 0. The van der Waals surface area contributed by atoms with E-state index in [-0.39, 0.29) is 0 Å². The summed E-state index contributed by atoms with van der Waals surface area (Å²) in [5, 5.41) is 13.1. The van der Waals surface area contributed by atoms with Crippen molar-refractivity contribution < 1.29 is 4.74 Å². The number of nitrogen functional groups attached to an aromatic ring is 1. The Morgan fingerprint density at radius 3 is 3.06 bits per heavy atom. The first kappa shape index (κ1) is 9.87. The summed E-state index contributed by atoms with van der Waals surface area (Å²) in [6.07, 6.45) is 3.99. The molecule has 3 N–H and O–H groups in total. The largest absolute Gasteiger partial charge is 0.382 e. The lowest BCUT2D eigenvalue weighted by molar-refractivity contribution is 0.102. The van der Waals surface area contributed by atoms with Crippen molar-refractivity contribution in [2.45, 2.75) is 37.5 Å². The van der Waals surface area contributed by atoms with Crippen molar-refractivity contribution in [1.82, 2.24) is 4.37 Å². The fourth-order valence-corrected chi connectivity index (χ4v) is 3.19. The Kier molecular flexibility index (Phi) is 2.23. The van der Waals surface area contributed by atoms with E-state index in [1.165, 1.54) is 18.0 Å². The van der Waals surface area contributed by atoms with E-state index in [1.54, 1.807) is 0 Å². The van der Waals surface area contributed by atoms with Crippen LogP contribution in [-0.2, 0) is 4.74 Å². The summed E-state index contributed by atoms with van der Waals surface area (Å²) in [6, 6.07) is 2.39. The standard InChI is InChI=1S/C10H12N4OS/c11-4-6-9(12)14-16-10(6)13-7-3-5-1-2-8(7)15-5/h5,7-8,13H,1-3H2,(H2,12,14). The lowest BCUT2D eigenvalue weighted by Gasteiger charge is -2.19. The zero-order chi connectivity index (χ0) is 11.1. The molecule has 0 aromatic carbocycles. The topological polar surface area (TPSA) is 84.0 Å². The predicted molar refractivity (Wildman–Crippen MR) is 61.2 cm³/mol. The quantitative estimate of drug-likeness (QED) is 0.809. The number of nitrogens with zero attached hydrogens (tertiary/aromatic N) is 2. The molecule has 0 radical (unpaired) electrons. The fourth-order valence-electron chi connectivity index (χ4n) is 2.47. The molecule has 2 aliphatic heterocycles. The Morgan fingerprint density at radius 2 is 2.44 bits per heavy atom. The molecule has 6 heteroatoms. The van der Waals surface area contributed by atoms with Crippen LogP contribution in [0.2, 0.25) is 0 Å². The highest BCUT2D eigenvalue weighted by atomic mass is 32.1. The Labute approximate surface area is 97.4 Å². The zero-order valence-electron chi connectivity index (χ0n) is 8.64. The van der Waals surface area contributed by atoms with Gasteiger partial charge in [0.25, 0.3) is 0 Å². The van der Waals surface area contributed by atoms with Crippen molar-refractivity contribution in [1.29, 1.82) is 5.26 Å². The van der Waals surface area contributed by atoms with Crippen LogP contribution in [0.4, 0.5) is 10.8 Å². The molecular weight excluding hydrogens is 224 g/mol. The van der Waals surface area contributed by atoms with E-state index < -0.39 is 0 Å². The number of hydrogen-bond acceptors (Lipinski definition) is 6. The van der Waals surface area contributed by atoms with Gasteiger partial charge >= 0.3 is 0 Å². The third kappa shape index (κ3) is 1.44. The molecular formula is C10H12N4OS. The van der Waals surface area contributed by atoms with E-state index in [2.05, 4.69) is 15.8 Å². The maximum Gasteiger partial charge on any atom is 0.157 e. The van der Waals surface area contributed by atoms with Crippen molar-refractivity contribution in [2.24, 2.45) is 0 Å². The second-order valence-electron chi connectivity index (χ2n) is 4.24. The minimum Gasteiger partial charge on any atom is -0.382 e. The van der Waals surface area contributed by atoms with Gasteiger partial charge in [0.1, 0.15) is 16.6 Å². The summed E-state index contributed by atoms with van der Waals surface area (Å²) in [6.45, 7) is 0. The molecule has 5 nitrogen and oxygen atoms in total. The first-order valence-electron chi connectivity index (χ1n) is 5.35. The average Bonchev–Trinajstić information content (AvgIpc) is 2.94. The minimum atomic E-state index is 0.292. The number of anilines is 2. The summed E-state index contributed by atoms with van der Waals surface area (Å²) in [7, 11) is 0. The highest BCUT2D eigenvalue weighted by molar-refractivity contribution is 7.10. The van der Waals surface area contributed by atoms with Gasteiger partial charge in [0, 0.05) is 0 Å². The van der Waals surface area contributed by atoms with Crippen LogP contribution in [0.5, 0.6) is 0 Å². The maximum atomic E-state index is 8.96. The van der Waals surface area contributed by atoms with E-state index in [9.17, 15) is 0 Å². The molecule has 0 saturated carbocycles. The first-order valence-corrected chi connectivity index (χ1v) is 6.12. The number of rotatable bonds is 2. The molecule has 2 fully saturated rings. The highest BCUT2D eigenvalue weighted by Crippen LogP contribution is 2.37. The van der Waals surface area contributed by atoms with E-state index in [4.69, 9.17) is 15.7 Å². The van der Waals surface area contributed by atoms with Crippen LogP contribution < -0.4 is 11.1 Å². The second kappa shape index (κ2) is 3.61. The van der Waals surface area contributed by atoms with Crippen LogP contribution in [-0.4, -0.2) is 22.6 Å². The second-order valence-corrected chi connectivity index (χ2v) is 5.02. The number of nitriles is 1. The molecule has 2 bridgehead atoms. The Hall–Kier alpha value is -1.32. The van der Waals surface area contributed by atoms with Gasteiger partial charge in [-0.15, -0.1) is 0 Å². The fraction of sp³-hybridized carbons (Fsp3) is 0.600.